The van der Waals surface area contributed by atoms with Gasteiger partial charge in [0.05, 0.1) is 10.4 Å². The van der Waals surface area contributed by atoms with Gasteiger partial charge in [0.1, 0.15) is 18.0 Å². The molecule has 0 fully saturated rings. The maximum atomic E-state index is 12.7. The Hall–Kier alpha value is -3.45. The van der Waals surface area contributed by atoms with Crippen LogP contribution in [0.4, 0.5) is 5.69 Å². The molecule has 29 heavy (non-hydrogen) atoms. The fourth-order valence-electron chi connectivity index (χ4n) is 3.29. The van der Waals surface area contributed by atoms with Crippen molar-refractivity contribution in [1.82, 2.24) is 4.98 Å². The number of ether oxygens (including phenoxy) is 2. The number of carbonyl (C=O) groups excluding carboxylic acids is 2. The van der Waals surface area contributed by atoms with Gasteiger partial charge >= 0.3 is 0 Å². The normalized spacial score (nSPS) is 12.9. The predicted molar refractivity (Wildman–Crippen MR) is 113 cm³/mol. The minimum Gasteiger partial charge on any atom is -0.486 e. The number of anilines is 1. The van der Waals surface area contributed by atoms with E-state index in [2.05, 4.69) is 5.32 Å². The monoisotopic (exact) mass is 404 g/mol. The highest BCUT2D eigenvalue weighted by Gasteiger charge is 2.16. The average molecular weight is 404 g/mol. The largest absolute Gasteiger partial charge is 0.486 e. The molecule has 0 unspecified atom stereocenters. The fraction of sp³-hybridized carbons (Fsp3) is 0.136. The Morgan fingerprint density at radius 3 is 2.59 bits per heavy atom. The highest BCUT2D eigenvalue weighted by atomic mass is 32.1. The van der Waals surface area contributed by atoms with Crippen LogP contribution in [0.3, 0.4) is 0 Å². The number of hydrogen-bond donors (Lipinski definition) is 1. The van der Waals surface area contributed by atoms with Crippen molar-refractivity contribution < 1.29 is 19.1 Å². The molecule has 6 nitrogen and oxygen atoms in total. The first-order chi connectivity index (χ1) is 14.1. The molecule has 3 heterocycles. The Kier molecular flexibility index (Phi) is 4.17. The van der Waals surface area contributed by atoms with Gasteiger partial charge < -0.3 is 14.8 Å². The van der Waals surface area contributed by atoms with Gasteiger partial charge in [-0.1, -0.05) is 12.1 Å². The summed E-state index contributed by atoms with van der Waals surface area (Å²) in [6, 6.07) is 14.5. The summed E-state index contributed by atoms with van der Waals surface area (Å²) in [6.45, 7) is 2.55. The molecule has 2 aromatic carbocycles. The second kappa shape index (κ2) is 6.86. The van der Waals surface area contributed by atoms with Crippen LogP contribution >= 0.6 is 11.3 Å². The summed E-state index contributed by atoms with van der Waals surface area (Å²) >= 11 is 1.33. The molecular weight excluding hydrogens is 388 g/mol. The van der Waals surface area contributed by atoms with E-state index in [0.717, 1.165) is 21.1 Å². The number of Topliss-reactive ketones (excluding diaryl/α,β-unsaturated/α-hetero) is 1. The van der Waals surface area contributed by atoms with Crippen molar-refractivity contribution in [1.29, 1.82) is 0 Å². The molecule has 0 spiro atoms. The summed E-state index contributed by atoms with van der Waals surface area (Å²) in [5.41, 5.74) is 1.94. The molecule has 144 valence electrons. The van der Waals surface area contributed by atoms with Gasteiger partial charge in [0.15, 0.2) is 17.3 Å². The van der Waals surface area contributed by atoms with Crippen LogP contribution in [0.15, 0.2) is 48.5 Å². The molecule has 7 heteroatoms. The zero-order chi connectivity index (χ0) is 20.0. The van der Waals surface area contributed by atoms with Gasteiger partial charge in [-0.3, -0.25) is 9.59 Å². The van der Waals surface area contributed by atoms with Crippen LogP contribution in [0.1, 0.15) is 27.0 Å². The number of pyridine rings is 1. The van der Waals surface area contributed by atoms with Crippen molar-refractivity contribution in [2.45, 2.75) is 6.92 Å². The minimum atomic E-state index is -0.233. The summed E-state index contributed by atoms with van der Waals surface area (Å²) in [6.07, 6.45) is 0. The van der Waals surface area contributed by atoms with E-state index < -0.39 is 0 Å². The van der Waals surface area contributed by atoms with Crippen LogP contribution in [0, 0.1) is 0 Å². The van der Waals surface area contributed by atoms with E-state index in [0.29, 0.717) is 40.8 Å². The van der Waals surface area contributed by atoms with Gasteiger partial charge in [-0.15, -0.1) is 11.3 Å². The molecule has 0 saturated heterocycles. The summed E-state index contributed by atoms with van der Waals surface area (Å²) in [5.74, 6) is 1.12. The molecule has 1 N–H and O–H groups in total. The van der Waals surface area contributed by atoms with Crippen molar-refractivity contribution in [2.24, 2.45) is 0 Å². The highest BCUT2D eigenvalue weighted by molar-refractivity contribution is 7.20. The number of amides is 1. The lowest BCUT2D eigenvalue weighted by atomic mass is 10.1. The van der Waals surface area contributed by atoms with Crippen LogP contribution in [0.25, 0.3) is 21.1 Å². The summed E-state index contributed by atoms with van der Waals surface area (Å²) in [4.78, 5) is 30.3. The number of thiophene rings is 1. The van der Waals surface area contributed by atoms with Gasteiger partial charge in [0.2, 0.25) is 0 Å². The summed E-state index contributed by atoms with van der Waals surface area (Å²) in [5, 5.41) is 4.67. The number of rotatable bonds is 3. The van der Waals surface area contributed by atoms with Crippen LogP contribution < -0.4 is 14.8 Å². The van der Waals surface area contributed by atoms with Crippen molar-refractivity contribution in [2.75, 3.05) is 18.5 Å². The van der Waals surface area contributed by atoms with E-state index in [1.54, 1.807) is 24.3 Å². The Bertz CT molecular complexity index is 1230. The smallest absolute Gasteiger partial charge is 0.265 e. The highest BCUT2D eigenvalue weighted by Crippen LogP contribution is 2.36. The Morgan fingerprint density at radius 1 is 1.00 bits per heavy atom. The average Bonchev–Trinajstić information content (AvgIpc) is 3.13. The zero-order valence-electron chi connectivity index (χ0n) is 15.5. The topological polar surface area (TPSA) is 77.5 Å². The van der Waals surface area contributed by atoms with E-state index in [1.807, 2.05) is 24.3 Å². The maximum absolute atomic E-state index is 12.7. The van der Waals surface area contributed by atoms with Crippen LogP contribution in [-0.4, -0.2) is 29.9 Å². The maximum Gasteiger partial charge on any atom is 0.265 e. The predicted octanol–water partition coefficient (Wildman–Crippen LogP) is 4.68. The SMILES string of the molecule is CC(=O)c1cccc(NC(=O)c2cc3cc4cc5c(cc4nc3s2)OCCO5)c1. The third kappa shape index (κ3) is 3.30. The number of hydrogen-bond acceptors (Lipinski definition) is 6. The van der Waals surface area contributed by atoms with Crippen LogP contribution in [-0.2, 0) is 0 Å². The second-order valence-corrected chi connectivity index (χ2v) is 7.80. The van der Waals surface area contributed by atoms with Gasteiger partial charge in [0.25, 0.3) is 5.91 Å². The number of ketones is 1. The Balaban J connectivity index is 1.48. The van der Waals surface area contributed by atoms with E-state index in [9.17, 15) is 9.59 Å². The van der Waals surface area contributed by atoms with Gasteiger partial charge in [-0.25, -0.2) is 4.98 Å². The second-order valence-electron chi connectivity index (χ2n) is 6.77. The van der Waals surface area contributed by atoms with Crippen LogP contribution in [0.5, 0.6) is 11.5 Å². The number of nitrogens with one attached hydrogen (secondary N) is 1. The lowest BCUT2D eigenvalue weighted by Gasteiger charge is -2.18. The first-order valence-corrected chi connectivity index (χ1v) is 9.95. The number of carbonyl (C=O) groups is 2. The lowest BCUT2D eigenvalue weighted by Crippen LogP contribution is -2.15. The molecule has 0 atom stereocenters. The number of benzene rings is 2. The van der Waals surface area contributed by atoms with E-state index in [4.69, 9.17) is 14.5 Å². The molecule has 0 saturated carbocycles. The first-order valence-electron chi connectivity index (χ1n) is 9.13. The Labute approximate surface area is 170 Å². The van der Waals surface area contributed by atoms with Crippen molar-refractivity contribution in [3.8, 4) is 11.5 Å². The standard InChI is InChI=1S/C22H16N2O4S/c1-12(25)13-3-2-4-16(8-13)23-21(26)20-10-15-7-14-9-18-19(28-6-5-27-18)11-17(14)24-22(15)29-20/h2-4,7-11H,5-6H2,1H3,(H,23,26). The molecule has 0 radical (unpaired) electrons. The van der Waals surface area contributed by atoms with Crippen molar-refractivity contribution in [3.05, 3.63) is 59.0 Å². The Morgan fingerprint density at radius 2 is 1.79 bits per heavy atom. The molecule has 4 aromatic rings. The van der Waals surface area contributed by atoms with Crippen LogP contribution in [0.2, 0.25) is 0 Å². The quantitative estimate of drug-likeness (QED) is 0.502. The van der Waals surface area contributed by atoms with Crippen molar-refractivity contribution >= 4 is 49.8 Å². The molecule has 1 aliphatic heterocycles. The number of nitrogens with zero attached hydrogens (tertiary/aromatic N) is 1. The minimum absolute atomic E-state index is 0.0468. The van der Waals surface area contributed by atoms with E-state index in [-0.39, 0.29) is 11.7 Å². The molecule has 1 aliphatic rings. The van der Waals surface area contributed by atoms with Gasteiger partial charge in [-0.05, 0) is 37.3 Å². The molecule has 0 bridgehead atoms. The number of fused-ring (bicyclic) bond motifs is 3. The fourth-order valence-corrected chi connectivity index (χ4v) is 4.21. The van der Waals surface area contributed by atoms with E-state index in [1.165, 1.54) is 18.3 Å². The van der Waals surface area contributed by atoms with Crippen molar-refractivity contribution in [3.63, 3.8) is 0 Å². The molecule has 2 aromatic heterocycles. The molecular formula is C22H16N2O4S. The van der Waals surface area contributed by atoms with Gasteiger partial charge in [-0.2, -0.15) is 0 Å². The molecule has 0 aliphatic carbocycles. The zero-order valence-corrected chi connectivity index (χ0v) is 16.3. The first kappa shape index (κ1) is 17.6. The van der Waals surface area contributed by atoms with Gasteiger partial charge in [0, 0.05) is 28.1 Å². The third-order valence-corrected chi connectivity index (χ3v) is 5.76. The summed E-state index contributed by atoms with van der Waals surface area (Å²) in [7, 11) is 0. The summed E-state index contributed by atoms with van der Waals surface area (Å²) < 4.78 is 11.3. The third-order valence-electron chi connectivity index (χ3n) is 4.72. The lowest BCUT2D eigenvalue weighted by molar-refractivity contribution is 0.101. The molecule has 5 rings (SSSR count). The number of aromatic nitrogens is 1. The van der Waals surface area contributed by atoms with E-state index >= 15 is 0 Å². The molecule has 1 amide bonds.